The molecule has 2 aromatic rings. The SMILES string of the molecule is CCOC(=O)CC(CC(C)C)N(C)S(=O)(=O)c1ccc(CC2(C)N=c3ccncc3=N2)cc1. The standard InChI is InChI=1S/C24H32N4O4S/c1-6-32-23(29)14-19(13-17(2)3)28(5)33(30,31)20-9-7-18(8-10-20)15-24(4)26-21-11-12-25-16-22(21)27-24/h7-12,16-17,19H,6,13-15H2,1-5H3. The number of carbonyl (C=O) groups is 1. The maximum atomic E-state index is 13.3. The number of benzene rings is 1. The molecule has 2 heterocycles. The van der Waals surface area contributed by atoms with Crippen LogP contribution in [0.4, 0.5) is 0 Å². The number of rotatable bonds is 10. The summed E-state index contributed by atoms with van der Waals surface area (Å²) in [4.78, 5) is 25.7. The number of nitrogens with zero attached hydrogens (tertiary/aromatic N) is 4. The third-order valence-corrected chi connectivity index (χ3v) is 7.53. The van der Waals surface area contributed by atoms with Gasteiger partial charge >= 0.3 is 5.97 Å². The minimum atomic E-state index is -3.78. The molecule has 33 heavy (non-hydrogen) atoms. The molecule has 178 valence electrons. The Balaban J connectivity index is 1.78. The molecule has 2 unspecified atom stereocenters. The Morgan fingerprint density at radius 2 is 1.79 bits per heavy atom. The Morgan fingerprint density at radius 1 is 1.12 bits per heavy atom. The fourth-order valence-corrected chi connectivity index (χ4v) is 5.39. The van der Waals surface area contributed by atoms with Crippen molar-refractivity contribution in [2.75, 3.05) is 13.7 Å². The Labute approximate surface area is 195 Å². The largest absolute Gasteiger partial charge is 0.466 e. The van der Waals surface area contributed by atoms with Gasteiger partial charge in [0.2, 0.25) is 10.0 Å². The number of ether oxygens (including phenoxy) is 1. The molecular weight excluding hydrogens is 440 g/mol. The molecule has 0 N–H and O–H groups in total. The zero-order valence-electron chi connectivity index (χ0n) is 19.9. The van der Waals surface area contributed by atoms with Crippen molar-refractivity contribution in [2.45, 2.75) is 63.6 Å². The summed E-state index contributed by atoms with van der Waals surface area (Å²) < 4.78 is 32.9. The number of hydrogen-bond acceptors (Lipinski definition) is 7. The van der Waals surface area contributed by atoms with Gasteiger partial charge in [0.05, 0.1) is 29.5 Å². The normalized spacial score (nSPS) is 18.5. The van der Waals surface area contributed by atoms with E-state index in [1.54, 1.807) is 43.6 Å². The first-order valence-electron chi connectivity index (χ1n) is 11.2. The van der Waals surface area contributed by atoms with Crippen molar-refractivity contribution < 1.29 is 17.9 Å². The van der Waals surface area contributed by atoms with Crippen molar-refractivity contribution in [3.8, 4) is 0 Å². The van der Waals surface area contributed by atoms with Crippen molar-refractivity contribution in [1.29, 1.82) is 0 Å². The van der Waals surface area contributed by atoms with Crippen LogP contribution in [0.3, 0.4) is 0 Å². The van der Waals surface area contributed by atoms with E-state index >= 15 is 0 Å². The summed E-state index contributed by atoms with van der Waals surface area (Å²) >= 11 is 0. The van der Waals surface area contributed by atoms with Crippen molar-refractivity contribution in [2.24, 2.45) is 15.9 Å². The van der Waals surface area contributed by atoms with Crippen LogP contribution in [-0.2, 0) is 26.0 Å². The number of fused-ring (bicyclic) bond motifs is 1. The molecule has 3 rings (SSSR count). The van der Waals surface area contributed by atoms with Crippen LogP contribution >= 0.6 is 0 Å². The lowest BCUT2D eigenvalue weighted by Crippen LogP contribution is -2.39. The first-order chi connectivity index (χ1) is 15.5. The van der Waals surface area contributed by atoms with Crippen LogP contribution in [0.1, 0.15) is 46.1 Å². The Hall–Kier alpha value is -2.65. The average molecular weight is 473 g/mol. The van der Waals surface area contributed by atoms with E-state index in [1.165, 1.54) is 11.4 Å². The van der Waals surface area contributed by atoms with Crippen LogP contribution in [-0.4, -0.2) is 49.0 Å². The van der Waals surface area contributed by atoms with E-state index in [0.29, 0.717) is 12.8 Å². The van der Waals surface area contributed by atoms with E-state index in [1.807, 2.05) is 26.8 Å². The maximum absolute atomic E-state index is 13.3. The number of carbonyl (C=O) groups excluding carboxylic acids is 1. The van der Waals surface area contributed by atoms with Crippen molar-refractivity contribution in [3.05, 3.63) is 59.0 Å². The molecule has 1 aliphatic rings. The smallest absolute Gasteiger partial charge is 0.307 e. The number of aromatic nitrogens is 1. The Bertz CT molecular complexity index is 1170. The summed E-state index contributed by atoms with van der Waals surface area (Å²) in [6.07, 6.45) is 4.50. The van der Waals surface area contributed by atoms with E-state index in [2.05, 4.69) is 9.98 Å². The lowest BCUT2D eigenvalue weighted by Gasteiger charge is -2.28. The van der Waals surface area contributed by atoms with E-state index in [4.69, 9.17) is 9.73 Å². The van der Waals surface area contributed by atoms with E-state index in [0.717, 1.165) is 16.3 Å². The highest BCUT2D eigenvalue weighted by Crippen LogP contribution is 2.25. The van der Waals surface area contributed by atoms with Gasteiger partial charge in [0, 0.05) is 25.7 Å². The van der Waals surface area contributed by atoms with Crippen LogP contribution in [0, 0.1) is 5.92 Å². The van der Waals surface area contributed by atoms with Gasteiger partial charge in [0.15, 0.2) is 5.66 Å². The van der Waals surface area contributed by atoms with Gasteiger partial charge in [-0.3, -0.25) is 19.8 Å². The summed E-state index contributed by atoms with van der Waals surface area (Å²) in [5.41, 5.74) is 0.280. The van der Waals surface area contributed by atoms with Gasteiger partial charge in [-0.15, -0.1) is 0 Å². The third-order valence-electron chi connectivity index (χ3n) is 5.61. The second-order valence-corrected chi connectivity index (χ2v) is 10.9. The number of esters is 1. The third kappa shape index (κ3) is 6.03. The molecule has 0 aliphatic carbocycles. The highest BCUT2D eigenvalue weighted by molar-refractivity contribution is 7.89. The Morgan fingerprint density at radius 3 is 2.39 bits per heavy atom. The first-order valence-corrected chi connectivity index (χ1v) is 12.6. The lowest BCUT2D eigenvalue weighted by molar-refractivity contribution is -0.144. The summed E-state index contributed by atoms with van der Waals surface area (Å²) in [6.45, 7) is 7.95. The minimum absolute atomic E-state index is 0.0244. The van der Waals surface area contributed by atoms with Gasteiger partial charge < -0.3 is 4.74 Å². The molecule has 9 heteroatoms. The molecule has 0 radical (unpaired) electrons. The van der Waals surface area contributed by atoms with Crippen molar-refractivity contribution in [3.63, 3.8) is 0 Å². The Kier molecular flexibility index (Phi) is 7.64. The number of hydrogen-bond donors (Lipinski definition) is 0. The molecule has 2 atom stereocenters. The zero-order valence-corrected chi connectivity index (χ0v) is 20.7. The van der Waals surface area contributed by atoms with Crippen LogP contribution in [0.2, 0.25) is 0 Å². The van der Waals surface area contributed by atoms with Gasteiger partial charge in [-0.1, -0.05) is 26.0 Å². The fraction of sp³-hybridized carbons (Fsp3) is 0.500. The molecule has 0 fully saturated rings. The molecule has 1 aromatic heterocycles. The molecule has 0 bridgehead atoms. The summed E-state index contributed by atoms with van der Waals surface area (Å²) in [7, 11) is -2.25. The molecule has 0 amide bonds. The molecule has 0 saturated heterocycles. The summed E-state index contributed by atoms with van der Waals surface area (Å²) in [5.74, 6) is -0.169. The highest BCUT2D eigenvalue weighted by atomic mass is 32.2. The predicted molar refractivity (Wildman–Crippen MR) is 125 cm³/mol. The van der Waals surface area contributed by atoms with Crippen LogP contribution in [0.15, 0.2) is 57.6 Å². The predicted octanol–water partition coefficient (Wildman–Crippen LogP) is 2.28. The van der Waals surface area contributed by atoms with Crippen LogP contribution in [0.5, 0.6) is 0 Å². The first kappa shape index (κ1) is 25.0. The van der Waals surface area contributed by atoms with Gasteiger partial charge in [0.25, 0.3) is 0 Å². The fourth-order valence-electron chi connectivity index (χ4n) is 4.03. The van der Waals surface area contributed by atoms with E-state index in [9.17, 15) is 13.2 Å². The van der Waals surface area contributed by atoms with E-state index in [-0.39, 0.29) is 23.8 Å². The average Bonchev–Trinajstić information content (AvgIpc) is 3.08. The van der Waals surface area contributed by atoms with Crippen molar-refractivity contribution in [1.82, 2.24) is 9.29 Å². The molecule has 8 nitrogen and oxygen atoms in total. The number of sulfonamides is 1. The molecule has 0 saturated carbocycles. The van der Waals surface area contributed by atoms with Crippen LogP contribution < -0.4 is 10.7 Å². The highest BCUT2D eigenvalue weighted by Gasteiger charge is 2.31. The van der Waals surface area contributed by atoms with Gasteiger partial charge in [-0.25, -0.2) is 8.42 Å². The quantitative estimate of drug-likeness (QED) is 0.494. The second kappa shape index (κ2) is 10.1. The zero-order chi connectivity index (χ0) is 24.2. The minimum Gasteiger partial charge on any atom is -0.466 e. The van der Waals surface area contributed by atoms with Crippen molar-refractivity contribution >= 4 is 16.0 Å². The summed E-state index contributed by atoms with van der Waals surface area (Å²) in [6, 6.07) is 8.15. The van der Waals surface area contributed by atoms with Gasteiger partial charge in [-0.2, -0.15) is 4.31 Å². The second-order valence-electron chi connectivity index (χ2n) is 8.94. The monoisotopic (exact) mass is 472 g/mol. The molecule has 1 aliphatic heterocycles. The molecule has 1 aromatic carbocycles. The summed E-state index contributed by atoms with van der Waals surface area (Å²) in [5, 5.41) is 1.57. The number of pyridine rings is 1. The van der Waals surface area contributed by atoms with Gasteiger partial charge in [0.1, 0.15) is 5.36 Å². The maximum Gasteiger partial charge on any atom is 0.307 e. The van der Waals surface area contributed by atoms with Crippen LogP contribution in [0.25, 0.3) is 0 Å². The molecule has 0 spiro atoms. The lowest BCUT2D eigenvalue weighted by atomic mass is 10.0. The molecular formula is C24H32N4O4S. The van der Waals surface area contributed by atoms with E-state index < -0.39 is 27.7 Å². The van der Waals surface area contributed by atoms with Gasteiger partial charge in [-0.05, 0) is 49.9 Å². The topological polar surface area (TPSA) is 101 Å².